The molecule has 4 atom stereocenters. The fraction of sp³-hybridized carbons (Fsp3) is 0.667. The topological polar surface area (TPSA) is 63.7 Å². The molecule has 0 spiro atoms. The summed E-state index contributed by atoms with van der Waals surface area (Å²) in [6.45, 7) is 6.76. The molecule has 0 aromatic carbocycles. The molecule has 0 aromatic heterocycles. The lowest BCUT2D eigenvalue weighted by Crippen LogP contribution is -2.52. The van der Waals surface area contributed by atoms with E-state index in [4.69, 9.17) is 4.18 Å². The number of nitrogens with zero attached hydrogens (tertiary/aromatic N) is 1. The van der Waals surface area contributed by atoms with Gasteiger partial charge in [0.05, 0.1) is 16.9 Å². The van der Waals surface area contributed by atoms with Gasteiger partial charge in [-0.1, -0.05) is 12.7 Å². The predicted octanol–water partition coefficient (Wildman–Crippen LogP) is 1.86. The highest BCUT2D eigenvalue weighted by atomic mass is 32.2. The third-order valence-corrected chi connectivity index (χ3v) is 5.89. The zero-order valence-electron chi connectivity index (χ0n) is 12.8. The molecule has 5 nitrogen and oxygen atoms in total. The van der Waals surface area contributed by atoms with Gasteiger partial charge in [0, 0.05) is 12.1 Å². The van der Waals surface area contributed by atoms with Crippen molar-refractivity contribution in [2.24, 2.45) is 5.92 Å². The van der Waals surface area contributed by atoms with Crippen LogP contribution in [0.3, 0.4) is 0 Å². The molecule has 0 amide bonds. The van der Waals surface area contributed by atoms with Gasteiger partial charge < -0.3 is 0 Å². The van der Waals surface area contributed by atoms with E-state index in [9.17, 15) is 13.2 Å². The SMILES string of the molecule is C=C(/C=C\C)S(=O)(=O)OC1CC2CCC(C1C(C)=O)N2C. The van der Waals surface area contributed by atoms with Gasteiger partial charge in [-0.2, -0.15) is 8.42 Å². The third kappa shape index (κ3) is 3.12. The van der Waals surface area contributed by atoms with Gasteiger partial charge in [0.25, 0.3) is 10.1 Å². The van der Waals surface area contributed by atoms with Crippen LogP contribution in [0.4, 0.5) is 0 Å². The number of ketones is 1. The largest absolute Gasteiger partial charge is 0.300 e. The molecule has 0 aliphatic carbocycles. The molecule has 2 saturated heterocycles. The zero-order valence-corrected chi connectivity index (χ0v) is 13.6. The quantitative estimate of drug-likeness (QED) is 0.572. The number of hydrogen-bond acceptors (Lipinski definition) is 5. The highest BCUT2D eigenvalue weighted by Gasteiger charge is 2.49. The molecule has 2 aliphatic heterocycles. The van der Waals surface area contributed by atoms with E-state index in [0.717, 1.165) is 12.8 Å². The van der Waals surface area contributed by atoms with Crippen molar-refractivity contribution in [1.29, 1.82) is 0 Å². The summed E-state index contributed by atoms with van der Waals surface area (Å²) in [5.41, 5.74) is 0. The third-order valence-electron chi connectivity index (χ3n) is 4.61. The first-order chi connectivity index (χ1) is 9.77. The molecule has 2 heterocycles. The van der Waals surface area contributed by atoms with Crippen LogP contribution in [0.1, 0.15) is 33.1 Å². The number of hydrogen-bond donors (Lipinski definition) is 0. The summed E-state index contributed by atoms with van der Waals surface area (Å²) in [4.78, 5) is 14.1. The summed E-state index contributed by atoms with van der Waals surface area (Å²) in [7, 11) is -1.88. The van der Waals surface area contributed by atoms with E-state index >= 15 is 0 Å². The average molecular weight is 313 g/mol. The molecule has 2 rings (SSSR count). The van der Waals surface area contributed by atoms with Gasteiger partial charge in [-0.15, -0.1) is 0 Å². The van der Waals surface area contributed by atoms with Crippen molar-refractivity contribution in [2.45, 2.75) is 51.3 Å². The van der Waals surface area contributed by atoms with E-state index in [2.05, 4.69) is 11.5 Å². The number of rotatable bonds is 5. The van der Waals surface area contributed by atoms with E-state index in [0.29, 0.717) is 12.5 Å². The van der Waals surface area contributed by atoms with Crippen LogP contribution < -0.4 is 0 Å². The maximum Gasteiger partial charge on any atom is 0.296 e. The first-order valence-electron chi connectivity index (χ1n) is 7.25. The lowest BCUT2D eigenvalue weighted by Gasteiger charge is -2.41. The minimum absolute atomic E-state index is 0.0101. The van der Waals surface area contributed by atoms with Crippen molar-refractivity contribution >= 4 is 15.9 Å². The Hall–Kier alpha value is -0.980. The van der Waals surface area contributed by atoms with Crippen molar-refractivity contribution in [1.82, 2.24) is 4.90 Å². The Kier molecular flexibility index (Phi) is 4.70. The Balaban J connectivity index is 2.23. The van der Waals surface area contributed by atoms with Crippen molar-refractivity contribution in [3.8, 4) is 0 Å². The molecule has 118 valence electrons. The highest BCUT2D eigenvalue weighted by molar-refractivity contribution is 7.90. The Morgan fingerprint density at radius 2 is 2.05 bits per heavy atom. The summed E-state index contributed by atoms with van der Waals surface area (Å²) in [5.74, 6) is -0.397. The lowest BCUT2D eigenvalue weighted by atomic mass is 9.85. The van der Waals surface area contributed by atoms with Crippen molar-refractivity contribution < 1.29 is 17.4 Å². The van der Waals surface area contributed by atoms with Crippen LogP contribution in [-0.4, -0.2) is 44.3 Å². The van der Waals surface area contributed by atoms with Gasteiger partial charge >= 0.3 is 0 Å². The fourth-order valence-corrected chi connectivity index (χ4v) is 4.50. The maximum absolute atomic E-state index is 12.2. The first-order valence-corrected chi connectivity index (χ1v) is 8.66. The molecular weight excluding hydrogens is 290 g/mol. The van der Waals surface area contributed by atoms with Crippen LogP contribution in [0, 0.1) is 5.92 Å². The van der Waals surface area contributed by atoms with Crippen LogP contribution >= 0.6 is 0 Å². The summed E-state index contributed by atoms with van der Waals surface area (Å²) in [6, 6.07) is 0.372. The fourth-order valence-electron chi connectivity index (χ4n) is 3.55. The second-order valence-electron chi connectivity index (χ2n) is 5.89. The Morgan fingerprint density at radius 1 is 1.38 bits per heavy atom. The minimum atomic E-state index is -3.88. The standard InChI is InChI=1S/C15H23NO4S/c1-5-6-10(2)21(18,19)20-14-9-12-7-8-13(16(12)4)15(14)11(3)17/h5-6,12-15H,2,7-9H2,1,3-4H3/b6-5-. The number of Topliss-reactive ketones (excluding diaryl/α,β-unsaturated/α-hetero) is 1. The monoisotopic (exact) mass is 313 g/mol. The molecule has 0 aromatic rings. The lowest BCUT2D eigenvalue weighted by molar-refractivity contribution is -0.128. The molecule has 4 unspecified atom stereocenters. The first kappa shape index (κ1) is 16.4. The van der Waals surface area contributed by atoms with Crippen molar-refractivity contribution in [3.05, 3.63) is 23.6 Å². The maximum atomic E-state index is 12.2. The van der Waals surface area contributed by atoms with Crippen LogP contribution in [-0.2, 0) is 19.1 Å². The van der Waals surface area contributed by atoms with Gasteiger partial charge in [-0.3, -0.25) is 13.9 Å². The van der Waals surface area contributed by atoms with E-state index < -0.39 is 16.2 Å². The number of carbonyl (C=O) groups excluding carboxylic acids is 1. The Labute approximate surface area is 126 Å². The molecule has 0 saturated carbocycles. The van der Waals surface area contributed by atoms with E-state index in [-0.39, 0.29) is 22.6 Å². The molecule has 2 bridgehead atoms. The smallest absolute Gasteiger partial charge is 0.296 e. The van der Waals surface area contributed by atoms with E-state index in [1.807, 2.05) is 7.05 Å². The molecule has 2 fully saturated rings. The Bertz CT molecular complexity index is 566. The number of piperidine rings is 1. The van der Waals surface area contributed by atoms with Gasteiger partial charge in [0.15, 0.2) is 0 Å². The van der Waals surface area contributed by atoms with Crippen LogP contribution in [0.15, 0.2) is 23.6 Å². The molecule has 0 radical (unpaired) electrons. The molecule has 2 aliphatic rings. The van der Waals surface area contributed by atoms with Gasteiger partial charge in [-0.25, -0.2) is 0 Å². The average Bonchev–Trinajstić information content (AvgIpc) is 2.62. The number of allylic oxidation sites excluding steroid dienone is 2. The molecule has 6 heteroatoms. The normalized spacial score (nSPS) is 33.5. The van der Waals surface area contributed by atoms with E-state index in [1.165, 1.54) is 13.0 Å². The molecule has 21 heavy (non-hydrogen) atoms. The summed E-state index contributed by atoms with van der Waals surface area (Å²) < 4.78 is 29.7. The second-order valence-corrected chi connectivity index (χ2v) is 7.52. The van der Waals surface area contributed by atoms with Gasteiger partial charge in [-0.05, 0) is 46.2 Å². The zero-order chi connectivity index (χ0) is 15.8. The Morgan fingerprint density at radius 3 is 2.62 bits per heavy atom. The number of carbonyl (C=O) groups is 1. The van der Waals surface area contributed by atoms with Gasteiger partial charge in [0.2, 0.25) is 0 Å². The molecular formula is C15H23NO4S. The van der Waals surface area contributed by atoms with Crippen molar-refractivity contribution in [2.75, 3.05) is 7.05 Å². The van der Waals surface area contributed by atoms with Crippen LogP contribution in [0.25, 0.3) is 0 Å². The predicted molar refractivity (Wildman–Crippen MR) is 81.1 cm³/mol. The van der Waals surface area contributed by atoms with Gasteiger partial charge in [0.1, 0.15) is 5.78 Å². The summed E-state index contributed by atoms with van der Waals surface area (Å²) in [5, 5.41) is 0. The minimum Gasteiger partial charge on any atom is -0.300 e. The van der Waals surface area contributed by atoms with Crippen LogP contribution in [0.5, 0.6) is 0 Å². The number of fused-ring (bicyclic) bond motifs is 2. The molecule has 0 N–H and O–H groups in total. The summed E-state index contributed by atoms with van der Waals surface area (Å²) >= 11 is 0. The second kappa shape index (κ2) is 6.02. The summed E-state index contributed by atoms with van der Waals surface area (Å²) in [6.07, 6.45) is 4.90. The van der Waals surface area contributed by atoms with Crippen molar-refractivity contribution in [3.63, 3.8) is 0 Å². The van der Waals surface area contributed by atoms with E-state index in [1.54, 1.807) is 13.0 Å². The van der Waals surface area contributed by atoms with Crippen LogP contribution in [0.2, 0.25) is 0 Å². The highest BCUT2D eigenvalue weighted by Crippen LogP contribution is 2.40.